The molecule has 0 radical (unpaired) electrons. The molecule has 1 atom stereocenters. The fourth-order valence-electron chi connectivity index (χ4n) is 1.36. The van der Waals surface area contributed by atoms with E-state index in [1.54, 1.807) is 0 Å². The summed E-state index contributed by atoms with van der Waals surface area (Å²) in [5, 5.41) is 0. The lowest BCUT2D eigenvalue weighted by molar-refractivity contribution is -0.143. The van der Waals surface area contributed by atoms with Crippen molar-refractivity contribution in [3.8, 4) is 12.3 Å². The van der Waals surface area contributed by atoms with Gasteiger partial charge in [-0.2, -0.15) is 0 Å². The lowest BCUT2D eigenvalue weighted by Gasteiger charge is -2.07. The number of hydrogen-bond acceptors (Lipinski definition) is 2. The standard InChI is InChI=1S/C15H16O2/c1-4-15(17-13(3)16)7-5-6-14-10-8-12(2)9-11-14/h1,5-6,8-11,15H,7H2,2-3H3. The Morgan fingerprint density at radius 2 is 2.12 bits per heavy atom. The Morgan fingerprint density at radius 3 is 2.65 bits per heavy atom. The summed E-state index contributed by atoms with van der Waals surface area (Å²) in [6.07, 6.45) is 9.19. The first kappa shape index (κ1) is 13.1. The molecule has 0 fully saturated rings. The van der Waals surface area contributed by atoms with Crippen LogP contribution in [0.2, 0.25) is 0 Å². The molecule has 0 N–H and O–H groups in total. The highest BCUT2D eigenvalue weighted by atomic mass is 16.5. The van der Waals surface area contributed by atoms with Gasteiger partial charge in [0.05, 0.1) is 0 Å². The zero-order valence-corrected chi connectivity index (χ0v) is 10.1. The lowest BCUT2D eigenvalue weighted by Crippen LogP contribution is -2.12. The molecule has 0 saturated carbocycles. The largest absolute Gasteiger partial charge is 0.449 e. The van der Waals surface area contributed by atoms with Crippen molar-refractivity contribution in [3.05, 3.63) is 41.5 Å². The normalized spacial score (nSPS) is 12.1. The van der Waals surface area contributed by atoms with Crippen LogP contribution in [0.5, 0.6) is 0 Å². The molecule has 0 bridgehead atoms. The number of benzene rings is 1. The van der Waals surface area contributed by atoms with Crippen LogP contribution in [0.3, 0.4) is 0 Å². The second-order valence-electron chi connectivity index (χ2n) is 3.81. The van der Waals surface area contributed by atoms with Crippen molar-refractivity contribution in [2.45, 2.75) is 26.4 Å². The van der Waals surface area contributed by atoms with Crippen molar-refractivity contribution in [2.24, 2.45) is 0 Å². The highest BCUT2D eigenvalue weighted by Gasteiger charge is 2.04. The fourth-order valence-corrected chi connectivity index (χ4v) is 1.36. The molecule has 1 unspecified atom stereocenters. The summed E-state index contributed by atoms with van der Waals surface area (Å²) < 4.78 is 4.93. The molecule has 0 heterocycles. The molecule has 17 heavy (non-hydrogen) atoms. The van der Waals surface area contributed by atoms with Crippen molar-refractivity contribution in [1.82, 2.24) is 0 Å². The van der Waals surface area contributed by atoms with Crippen LogP contribution in [-0.4, -0.2) is 12.1 Å². The number of ether oxygens (including phenoxy) is 1. The van der Waals surface area contributed by atoms with Gasteiger partial charge in [-0.1, -0.05) is 47.9 Å². The molecule has 0 spiro atoms. The van der Waals surface area contributed by atoms with Crippen LogP contribution in [0.4, 0.5) is 0 Å². The summed E-state index contributed by atoms with van der Waals surface area (Å²) in [5.41, 5.74) is 2.33. The van der Waals surface area contributed by atoms with Gasteiger partial charge in [0.25, 0.3) is 0 Å². The Bertz CT molecular complexity index is 435. The highest BCUT2D eigenvalue weighted by molar-refractivity contribution is 5.66. The summed E-state index contributed by atoms with van der Waals surface area (Å²) in [5.74, 6) is 2.08. The van der Waals surface area contributed by atoms with Crippen LogP contribution in [0.25, 0.3) is 6.08 Å². The Labute approximate surface area is 102 Å². The second kappa shape index (κ2) is 6.55. The minimum absolute atomic E-state index is 0.350. The van der Waals surface area contributed by atoms with Gasteiger partial charge in [0, 0.05) is 13.3 Å². The van der Waals surface area contributed by atoms with E-state index in [0.717, 1.165) is 5.56 Å². The smallest absolute Gasteiger partial charge is 0.303 e. The lowest BCUT2D eigenvalue weighted by atomic mass is 10.1. The topological polar surface area (TPSA) is 26.3 Å². The van der Waals surface area contributed by atoms with Crippen LogP contribution in [-0.2, 0) is 9.53 Å². The predicted molar refractivity (Wildman–Crippen MR) is 69.2 cm³/mol. The maximum absolute atomic E-state index is 10.7. The molecule has 0 aliphatic heterocycles. The van der Waals surface area contributed by atoms with E-state index in [0.29, 0.717) is 6.42 Å². The van der Waals surface area contributed by atoms with E-state index in [4.69, 9.17) is 11.2 Å². The van der Waals surface area contributed by atoms with Crippen molar-refractivity contribution in [3.63, 3.8) is 0 Å². The van der Waals surface area contributed by atoms with Gasteiger partial charge in [0.2, 0.25) is 0 Å². The van der Waals surface area contributed by atoms with Crippen LogP contribution >= 0.6 is 0 Å². The maximum atomic E-state index is 10.7. The van der Waals surface area contributed by atoms with Crippen molar-refractivity contribution < 1.29 is 9.53 Å². The zero-order chi connectivity index (χ0) is 12.7. The number of rotatable bonds is 4. The Balaban J connectivity index is 2.52. The summed E-state index contributed by atoms with van der Waals surface area (Å²) in [6, 6.07) is 8.15. The van der Waals surface area contributed by atoms with Crippen molar-refractivity contribution in [2.75, 3.05) is 0 Å². The first-order chi connectivity index (χ1) is 8.11. The number of terminal acetylenes is 1. The van der Waals surface area contributed by atoms with Gasteiger partial charge in [-0.3, -0.25) is 4.79 Å². The van der Waals surface area contributed by atoms with E-state index >= 15 is 0 Å². The van der Waals surface area contributed by atoms with Crippen LogP contribution in [0.1, 0.15) is 24.5 Å². The third kappa shape index (κ3) is 5.03. The van der Waals surface area contributed by atoms with E-state index in [1.807, 2.05) is 43.3 Å². The predicted octanol–water partition coefficient (Wildman–Crippen LogP) is 2.96. The molecular formula is C15H16O2. The molecule has 1 rings (SSSR count). The van der Waals surface area contributed by atoms with Crippen molar-refractivity contribution >= 4 is 12.0 Å². The van der Waals surface area contributed by atoms with Gasteiger partial charge in [-0.05, 0) is 12.5 Å². The van der Waals surface area contributed by atoms with Crippen LogP contribution < -0.4 is 0 Å². The molecule has 1 aromatic carbocycles. The summed E-state index contributed by atoms with van der Waals surface area (Å²) >= 11 is 0. The Hall–Kier alpha value is -2.01. The summed E-state index contributed by atoms with van der Waals surface area (Å²) in [4.78, 5) is 10.7. The van der Waals surface area contributed by atoms with E-state index in [1.165, 1.54) is 12.5 Å². The van der Waals surface area contributed by atoms with Gasteiger partial charge in [0.15, 0.2) is 6.10 Å². The monoisotopic (exact) mass is 228 g/mol. The first-order valence-corrected chi connectivity index (χ1v) is 5.48. The van der Waals surface area contributed by atoms with E-state index in [2.05, 4.69) is 5.92 Å². The van der Waals surface area contributed by atoms with Crippen molar-refractivity contribution in [1.29, 1.82) is 0 Å². The number of carbonyl (C=O) groups excluding carboxylic acids is 1. The molecule has 0 saturated heterocycles. The van der Waals surface area contributed by atoms with E-state index < -0.39 is 6.10 Å². The van der Waals surface area contributed by atoms with Gasteiger partial charge >= 0.3 is 5.97 Å². The minimum Gasteiger partial charge on any atom is -0.449 e. The fraction of sp³-hybridized carbons (Fsp3) is 0.267. The number of esters is 1. The third-order valence-corrected chi connectivity index (χ3v) is 2.23. The van der Waals surface area contributed by atoms with Crippen LogP contribution in [0.15, 0.2) is 30.3 Å². The molecule has 2 heteroatoms. The maximum Gasteiger partial charge on any atom is 0.303 e. The molecular weight excluding hydrogens is 212 g/mol. The Morgan fingerprint density at radius 1 is 1.47 bits per heavy atom. The Kier molecular flexibility index (Phi) is 5.03. The van der Waals surface area contributed by atoms with Crippen LogP contribution in [0, 0.1) is 19.3 Å². The number of carbonyl (C=O) groups is 1. The quantitative estimate of drug-likeness (QED) is 0.585. The average Bonchev–Trinajstić information content (AvgIpc) is 2.30. The molecule has 0 aliphatic rings. The molecule has 0 aromatic heterocycles. The van der Waals surface area contributed by atoms with E-state index in [9.17, 15) is 4.79 Å². The number of hydrogen-bond donors (Lipinski definition) is 0. The minimum atomic E-state index is -0.478. The summed E-state index contributed by atoms with van der Waals surface area (Å²) in [7, 11) is 0. The first-order valence-electron chi connectivity index (χ1n) is 5.48. The summed E-state index contributed by atoms with van der Waals surface area (Å²) in [6.45, 7) is 3.40. The molecule has 1 aromatic rings. The molecule has 0 amide bonds. The van der Waals surface area contributed by atoms with Gasteiger partial charge < -0.3 is 4.74 Å². The zero-order valence-electron chi connectivity index (χ0n) is 10.1. The molecule has 0 aliphatic carbocycles. The molecule has 88 valence electrons. The third-order valence-electron chi connectivity index (χ3n) is 2.23. The number of aryl methyl sites for hydroxylation is 1. The van der Waals surface area contributed by atoms with E-state index in [-0.39, 0.29) is 5.97 Å². The highest BCUT2D eigenvalue weighted by Crippen LogP contribution is 2.07. The second-order valence-corrected chi connectivity index (χ2v) is 3.81. The van der Waals surface area contributed by atoms with Gasteiger partial charge in [0.1, 0.15) is 0 Å². The average molecular weight is 228 g/mol. The van der Waals surface area contributed by atoms with Gasteiger partial charge in [-0.25, -0.2) is 0 Å². The molecule has 2 nitrogen and oxygen atoms in total. The SMILES string of the molecule is C#CC(CC=Cc1ccc(C)cc1)OC(C)=O. The van der Waals surface area contributed by atoms with Gasteiger partial charge in [-0.15, -0.1) is 6.42 Å².